The highest BCUT2D eigenvalue weighted by molar-refractivity contribution is 6.13. The van der Waals surface area contributed by atoms with Crippen molar-refractivity contribution >= 4 is 47.2 Å². The molecular weight excluding hydrogens is 558 g/mol. The second-order valence-electron chi connectivity index (χ2n) is 11.2. The SMILES string of the molecule is CN(CCNc1ncnc2c1C(C=Nc1ccc(N3CCOCC3)c(OCCCC(=O)O)c1)C(=O)N2)C(=O)OC(C)(C)C. The first-order chi connectivity index (χ1) is 20.5. The summed E-state index contributed by atoms with van der Waals surface area (Å²) >= 11 is 0. The van der Waals surface area contributed by atoms with E-state index in [-0.39, 0.29) is 18.9 Å². The lowest BCUT2D eigenvalue weighted by Crippen LogP contribution is -2.36. The van der Waals surface area contributed by atoms with Crippen LogP contribution in [0.15, 0.2) is 29.5 Å². The number of nitrogens with one attached hydrogen (secondary N) is 2. The lowest BCUT2D eigenvalue weighted by atomic mass is 10.0. The Morgan fingerprint density at radius 1 is 1.28 bits per heavy atom. The molecule has 0 saturated carbocycles. The normalized spacial score (nSPS) is 16.5. The van der Waals surface area contributed by atoms with Gasteiger partial charge in [0, 0.05) is 51.9 Å². The van der Waals surface area contributed by atoms with Crippen molar-refractivity contribution in [2.75, 3.05) is 68.6 Å². The minimum Gasteiger partial charge on any atom is -0.491 e. The number of aliphatic imine (C=N–C) groups is 1. The fourth-order valence-corrected chi connectivity index (χ4v) is 4.50. The predicted molar refractivity (Wildman–Crippen MR) is 161 cm³/mol. The average Bonchev–Trinajstić information content (AvgIpc) is 3.29. The number of likely N-dealkylation sites (N-methyl/N-ethyl adjacent to an activating group) is 1. The third-order valence-corrected chi connectivity index (χ3v) is 6.62. The monoisotopic (exact) mass is 597 g/mol. The van der Waals surface area contributed by atoms with Crippen molar-refractivity contribution in [1.82, 2.24) is 14.9 Å². The molecule has 1 saturated heterocycles. The van der Waals surface area contributed by atoms with E-state index in [2.05, 4.69) is 30.5 Å². The molecule has 14 nitrogen and oxygen atoms in total. The van der Waals surface area contributed by atoms with Gasteiger partial charge in [-0.2, -0.15) is 0 Å². The molecule has 1 atom stereocenters. The van der Waals surface area contributed by atoms with Crippen molar-refractivity contribution in [3.8, 4) is 5.75 Å². The molecule has 2 aliphatic heterocycles. The maximum atomic E-state index is 12.9. The van der Waals surface area contributed by atoms with E-state index in [0.29, 0.717) is 74.4 Å². The zero-order valence-corrected chi connectivity index (χ0v) is 25.0. The van der Waals surface area contributed by atoms with Gasteiger partial charge >= 0.3 is 12.1 Å². The summed E-state index contributed by atoms with van der Waals surface area (Å²) in [4.78, 5) is 52.9. The Balaban J connectivity index is 1.48. The van der Waals surface area contributed by atoms with Crippen molar-refractivity contribution in [2.45, 2.75) is 45.1 Å². The van der Waals surface area contributed by atoms with Gasteiger partial charge in [-0.25, -0.2) is 14.8 Å². The van der Waals surface area contributed by atoms with E-state index >= 15 is 0 Å². The Labute approximate surface area is 250 Å². The summed E-state index contributed by atoms with van der Waals surface area (Å²) in [5.74, 6) is -0.479. The molecule has 3 N–H and O–H groups in total. The summed E-state index contributed by atoms with van der Waals surface area (Å²) in [6.45, 7) is 8.98. The van der Waals surface area contributed by atoms with Gasteiger partial charge in [0.2, 0.25) is 5.91 Å². The number of aromatic nitrogens is 2. The number of amides is 2. The number of carboxylic acids is 1. The fraction of sp³-hybridized carbons (Fsp3) is 0.517. The lowest BCUT2D eigenvalue weighted by Gasteiger charge is -2.30. The second-order valence-corrected chi connectivity index (χ2v) is 11.2. The molecule has 1 aromatic heterocycles. The fourth-order valence-electron chi connectivity index (χ4n) is 4.50. The first-order valence-electron chi connectivity index (χ1n) is 14.2. The standard InChI is InChI=1S/C29H39N7O7/c1-29(2,3)43-28(40)35(4)10-9-30-25-24-20(27(39)34-26(24)33-18-32-25)17-31-19-7-8-21(36-11-14-41-15-12-36)22(16-19)42-13-5-6-23(37)38/h7-8,16-18,20H,5-6,9-15H2,1-4H3,(H,37,38)(H2,30,32,33,34,39). The van der Waals surface area contributed by atoms with Gasteiger partial charge in [-0.3, -0.25) is 14.6 Å². The number of carbonyl (C=O) groups is 3. The van der Waals surface area contributed by atoms with Gasteiger partial charge in [0.05, 0.1) is 36.8 Å². The molecular formula is C29H39N7O7. The minimum absolute atomic E-state index is 0.0106. The van der Waals surface area contributed by atoms with Crippen LogP contribution in [0.2, 0.25) is 0 Å². The van der Waals surface area contributed by atoms with Crippen LogP contribution >= 0.6 is 0 Å². The molecule has 0 radical (unpaired) electrons. The highest BCUT2D eigenvalue weighted by Crippen LogP contribution is 2.36. The van der Waals surface area contributed by atoms with E-state index < -0.39 is 23.6 Å². The molecule has 1 unspecified atom stereocenters. The van der Waals surface area contributed by atoms with Gasteiger partial charge in [-0.1, -0.05) is 0 Å². The molecule has 2 aromatic rings. The van der Waals surface area contributed by atoms with Crippen LogP contribution in [0.3, 0.4) is 0 Å². The number of rotatable bonds is 12. The second kappa shape index (κ2) is 14.1. The Morgan fingerprint density at radius 2 is 2.05 bits per heavy atom. The summed E-state index contributed by atoms with van der Waals surface area (Å²) in [6.07, 6.45) is 2.84. The number of hydrogen-bond donors (Lipinski definition) is 3. The number of carboxylic acid groups (broad SMARTS) is 1. The van der Waals surface area contributed by atoms with Crippen molar-refractivity contribution in [2.24, 2.45) is 4.99 Å². The first-order valence-corrected chi connectivity index (χ1v) is 14.2. The van der Waals surface area contributed by atoms with Crippen LogP contribution in [0.1, 0.15) is 45.1 Å². The Bertz CT molecular complexity index is 1340. The Morgan fingerprint density at radius 3 is 2.77 bits per heavy atom. The molecule has 0 aliphatic carbocycles. The topological polar surface area (TPSA) is 168 Å². The third kappa shape index (κ3) is 8.77. The number of hydrogen-bond acceptors (Lipinski definition) is 11. The van der Waals surface area contributed by atoms with E-state index in [9.17, 15) is 14.4 Å². The van der Waals surface area contributed by atoms with Crippen LogP contribution in [-0.2, 0) is 19.1 Å². The molecule has 1 aromatic carbocycles. The number of fused-ring (bicyclic) bond motifs is 1. The van der Waals surface area contributed by atoms with E-state index in [1.165, 1.54) is 11.2 Å². The maximum absolute atomic E-state index is 12.9. The summed E-state index contributed by atoms with van der Waals surface area (Å²) in [5.41, 5.74) is 1.40. The molecule has 232 valence electrons. The molecule has 0 bridgehead atoms. The molecule has 0 spiro atoms. The van der Waals surface area contributed by atoms with Crippen LogP contribution in [0.4, 0.5) is 27.8 Å². The zero-order chi connectivity index (χ0) is 31.0. The van der Waals surface area contributed by atoms with Crippen LogP contribution < -0.4 is 20.3 Å². The van der Waals surface area contributed by atoms with Crippen LogP contribution in [0.25, 0.3) is 0 Å². The molecule has 2 amide bonds. The number of nitrogens with zero attached hydrogens (tertiary/aromatic N) is 5. The highest BCUT2D eigenvalue weighted by Gasteiger charge is 2.34. The van der Waals surface area contributed by atoms with Crippen molar-refractivity contribution in [3.63, 3.8) is 0 Å². The molecule has 43 heavy (non-hydrogen) atoms. The Kier molecular flexibility index (Phi) is 10.3. The number of morpholine rings is 1. The molecule has 3 heterocycles. The van der Waals surface area contributed by atoms with Gasteiger partial charge in [-0.05, 0) is 39.3 Å². The number of carbonyl (C=O) groups excluding carboxylic acids is 2. The number of benzene rings is 1. The summed E-state index contributed by atoms with van der Waals surface area (Å²) in [7, 11) is 1.65. The first kappa shape index (κ1) is 31.5. The summed E-state index contributed by atoms with van der Waals surface area (Å²) < 4.78 is 16.9. The molecule has 14 heteroatoms. The van der Waals surface area contributed by atoms with Crippen molar-refractivity contribution in [1.29, 1.82) is 0 Å². The van der Waals surface area contributed by atoms with E-state index in [4.69, 9.17) is 19.3 Å². The minimum atomic E-state index is -0.877. The predicted octanol–water partition coefficient (Wildman–Crippen LogP) is 3.27. The molecule has 1 fully saturated rings. The lowest BCUT2D eigenvalue weighted by molar-refractivity contribution is -0.137. The number of ether oxygens (including phenoxy) is 3. The quantitative estimate of drug-likeness (QED) is 0.243. The highest BCUT2D eigenvalue weighted by atomic mass is 16.6. The largest absolute Gasteiger partial charge is 0.491 e. The van der Waals surface area contributed by atoms with Crippen LogP contribution in [-0.4, -0.2) is 103 Å². The maximum Gasteiger partial charge on any atom is 0.410 e. The Hall–Kier alpha value is -4.46. The third-order valence-electron chi connectivity index (χ3n) is 6.62. The summed E-state index contributed by atoms with van der Waals surface area (Å²) in [6, 6.07) is 5.53. The van der Waals surface area contributed by atoms with Gasteiger partial charge in [0.25, 0.3) is 0 Å². The molecule has 4 rings (SSSR count). The molecule has 2 aliphatic rings. The van der Waals surface area contributed by atoms with Gasteiger partial charge < -0.3 is 39.8 Å². The van der Waals surface area contributed by atoms with Gasteiger partial charge in [0.1, 0.15) is 35.2 Å². The van der Waals surface area contributed by atoms with E-state index in [0.717, 1.165) is 5.69 Å². The van der Waals surface area contributed by atoms with Gasteiger partial charge in [0.15, 0.2) is 0 Å². The number of aliphatic carboxylic acids is 1. The smallest absolute Gasteiger partial charge is 0.410 e. The number of anilines is 3. The zero-order valence-electron chi connectivity index (χ0n) is 25.0. The van der Waals surface area contributed by atoms with E-state index in [1.807, 2.05) is 32.9 Å². The van der Waals surface area contributed by atoms with Crippen LogP contribution in [0, 0.1) is 0 Å². The average molecular weight is 598 g/mol. The van der Waals surface area contributed by atoms with Crippen molar-refractivity contribution < 1.29 is 33.7 Å². The summed E-state index contributed by atoms with van der Waals surface area (Å²) in [5, 5.41) is 14.9. The van der Waals surface area contributed by atoms with E-state index in [1.54, 1.807) is 19.3 Å². The van der Waals surface area contributed by atoms with Crippen LogP contribution in [0.5, 0.6) is 5.75 Å². The van der Waals surface area contributed by atoms with Gasteiger partial charge in [-0.15, -0.1) is 0 Å². The van der Waals surface area contributed by atoms with Crippen molar-refractivity contribution in [3.05, 3.63) is 30.1 Å².